The van der Waals surface area contributed by atoms with Crippen LogP contribution >= 0.6 is 0 Å². The van der Waals surface area contributed by atoms with Crippen molar-refractivity contribution in [2.45, 2.75) is 354 Å². The first-order valence-electron chi connectivity index (χ1n) is 30.6. The molecule has 0 heterocycles. The van der Waals surface area contributed by atoms with Crippen LogP contribution in [-0.4, -0.2) is 46.9 Å². The van der Waals surface area contributed by atoms with Crippen molar-refractivity contribution in [3.8, 4) is 0 Å². The van der Waals surface area contributed by atoms with Crippen LogP contribution in [0.5, 0.6) is 0 Å². The first-order chi connectivity index (χ1) is 33.5. The second-order valence-corrected chi connectivity index (χ2v) is 21.1. The largest absolute Gasteiger partial charge is 0.462 e. The second kappa shape index (κ2) is 56.3. The number of amides is 1. The Balaban J connectivity index is 4.54. The van der Waals surface area contributed by atoms with Crippen LogP contribution in [0.3, 0.4) is 0 Å². The molecule has 0 aromatic carbocycles. The molecule has 0 radical (unpaired) electrons. The molecule has 0 aliphatic heterocycles. The molecule has 3 N–H and O–H groups in total. The number of aliphatic hydroxyl groups excluding tert-OH is 2. The first-order valence-corrected chi connectivity index (χ1v) is 30.6. The van der Waals surface area contributed by atoms with Gasteiger partial charge in [0.2, 0.25) is 5.91 Å². The molecule has 0 aliphatic carbocycles. The van der Waals surface area contributed by atoms with Gasteiger partial charge in [0.1, 0.15) is 6.10 Å². The summed E-state index contributed by atoms with van der Waals surface area (Å²) >= 11 is 0. The number of ether oxygens (including phenoxy) is 1. The maximum Gasteiger partial charge on any atom is 0.306 e. The van der Waals surface area contributed by atoms with Crippen molar-refractivity contribution in [3.63, 3.8) is 0 Å². The number of allylic oxidation sites excluding steroid dienone is 4. The first kappa shape index (κ1) is 66.3. The van der Waals surface area contributed by atoms with Gasteiger partial charge in [-0.3, -0.25) is 9.59 Å². The van der Waals surface area contributed by atoms with Gasteiger partial charge in [-0.1, -0.05) is 295 Å². The van der Waals surface area contributed by atoms with E-state index in [9.17, 15) is 19.8 Å². The summed E-state index contributed by atoms with van der Waals surface area (Å²) in [4.78, 5) is 26.3. The predicted molar refractivity (Wildman–Crippen MR) is 296 cm³/mol. The van der Waals surface area contributed by atoms with E-state index < -0.39 is 18.2 Å². The van der Waals surface area contributed by atoms with Gasteiger partial charge in [0, 0.05) is 6.42 Å². The molecule has 402 valence electrons. The van der Waals surface area contributed by atoms with E-state index in [0.717, 1.165) is 51.4 Å². The minimum Gasteiger partial charge on any atom is -0.462 e. The number of nitrogens with one attached hydrogen (secondary N) is 1. The maximum atomic E-state index is 13.3. The molecule has 0 fully saturated rings. The van der Waals surface area contributed by atoms with Crippen molar-refractivity contribution >= 4 is 11.9 Å². The zero-order valence-electron chi connectivity index (χ0n) is 46.0. The van der Waals surface area contributed by atoms with Gasteiger partial charge in [-0.2, -0.15) is 0 Å². The van der Waals surface area contributed by atoms with E-state index >= 15 is 0 Å². The van der Waals surface area contributed by atoms with Gasteiger partial charge in [-0.05, 0) is 51.4 Å². The standard InChI is InChI=1S/C62H119NO5/c1-4-7-10-13-16-19-22-25-28-30-32-34-37-40-43-46-49-52-55-62(67)68-58(53-50-47-44-41-38-35-33-31-29-26-23-20-17-14-11-8-5-2)56-61(66)63-59(57-64)60(65)54-51-48-45-42-39-36-27-24-21-18-15-12-9-6-3/h28,30,32,34,58-60,64-65H,4-27,29,31,33,35-57H2,1-3H3,(H,63,66)/b30-28+,34-32+. The Hall–Kier alpha value is -1.66. The summed E-state index contributed by atoms with van der Waals surface area (Å²) in [6, 6.07) is -0.701. The highest BCUT2D eigenvalue weighted by molar-refractivity contribution is 5.77. The van der Waals surface area contributed by atoms with E-state index in [1.54, 1.807) is 0 Å². The zero-order valence-corrected chi connectivity index (χ0v) is 46.0. The Morgan fingerprint density at radius 2 is 0.735 bits per heavy atom. The normalized spacial score (nSPS) is 13.2. The number of esters is 1. The Kier molecular flexibility index (Phi) is 54.9. The fraction of sp³-hybridized carbons (Fsp3) is 0.903. The van der Waals surface area contributed by atoms with E-state index in [2.05, 4.69) is 50.4 Å². The fourth-order valence-corrected chi connectivity index (χ4v) is 9.66. The summed E-state index contributed by atoms with van der Waals surface area (Å²) in [5.74, 6) is -0.468. The van der Waals surface area contributed by atoms with E-state index in [4.69, 9.17) is 4.74 Å². The summed E-state index contributed by atoms with van der Waals surface area (Å²) in [6.45, 7) is 6.53. The third-order valence-electron chi connectivity index (χ3n) is 14.3. The van der Waals surface area contributed by atoms with Crippen LogP contribution in [0, 0.1) is 0 Å². The molecule has 0 aliphatic rings. The number of hydrogen-bond acceptors (Lipinski definition) is 5. The highest BCUT2D eigenvalue weighted by atomic mass is 16.5. The van der Waals surface area contributed by atoms with Crippen LogP contribution in [0.4, 0.5) is 0 Å². The minimum absolute atomic E-state index is 0.0779. The lowest BCUT2D eigenvalue weighted by Crippen LogP contribution is -2.46. The van der Waals surface area contributed by atoms with E-state index in [-0.39, 0.29) is 24.9 Å². The van der Waals surface area contributed by atoms with Crippen molar-refractivity contribution in [1.82, 2.24) is 5.32 Å². The van der Waals surface area contributed by atoms with Crippen LogP contribution in [0.2, 0.25) is 0 Å². The molecule has 68 heavy (non-hydrogen) atoms. The molecule has 0 saturated carbocycles. The Labute approximate surface area is 424 Å². The summed E-state index contributed by atoms with van der Waals surface area (Å²) in [5.41, 5.74) is 0. The van der Waals surface area contributed by atoms with Gasteiger partial charge in [0.05, 0.1) is 25.2 Å². The molecular weight excluding hydrogens is 839 g/mol. The molecule has 0 rings (SSSR count). The lowest BCUT2D eigenvalue weighted by molar-refractivity contribution is -0.151. The van der Waals surface area contributed by atoms with E-state index in [1.807, 2.05) is 0 Å². The summed E-state index contributed by atoms with van der Waals surface area (Å²) in [6.07, 6.45) is 66.7. The van der Waals surface area contributed by atoms with E-state index in [0.29, 0.717) is 19.3 Å². The third kappa shape index (κ3) is 50.7. The Bertz CT molecular complexity index is 1080. The molecule has 0 saturated heterocycles. The smallest absolute Gasteiger partial charge is 0.306 e. The topological polar surface area (TPSA) is 95.9 Å². The molecule has 6 heteroatoms. The van der Waals surface area contributed by atoms with Crippen molar-refractivity contribution in [2.75, 3.05) is 6.61 Å². The second-order valence-electron chi connectivity index (χ2n) is 21.1. The van der Waals surface area contributed by atoms with Gasteiger partial charge < -0.3 is 20.3 Å². The summed E-state index contributed by atoms with van der Waals surface area (Å²) in [5, 5.41) is 23.9. The summed E-state index contributed by atoms with van der Waals surface area (Å²) < 4.78 is 5.98. The van der Waals surface area contributed by atoms with Gasteiger partial charge >= 0.3 is 5.97 Å². The molecule has 0 spiro atoms. The van der Waals surface area contributed by atoms with Crippen molar-refractivity contribution in [2.24, 2.45) is 0 Å². The number of unbranched alkanes of at least 4 members (excludes halogenated alkanes) is 41. The number of rotatable bonds is 56. The Morgan fingerprint density at radius 3 is 1.09 bits per heavy atom. The third-order valence-corrected chi connectivity index (χ3v) is 14.3. The average Bonchev–Trinajstić information content (AvgIpc) is 3.33. The van der Waals surface area contributed by atoms with Crippen molar-refractivity contribution in [3.05, 3.63) is 24.3 Å². The summed E-state index contributed by atoms with van der Waals surface area (Å²) in [7, 11) is 0. The number of hydrogen-bond donors (Lipinski definition) is 3. The molecule has 6 nitrogen and oxygen atoms in total. The van der Waals surface area contributed by atoms with Crippen molar-refractivity contribution < 1.29 is 24.5 Å². The van der Waals surface area contributed by atoms with Gasteiger partial charge in [-0.25, -0.2) is 0 Å². The van der Waals surface area contributed by atoms with Crippen LogP contribution < -0.4 is 5.32 Å². The highest BCUT2D eigenvalue weighted by Gasteiger charge is 2.24. The van der Waals surface area contributed by atoms with Crippen LogP contribution in [0.25, 0.3) is 0 Å². The lowest BCUT2D eigenvalue weighted by atomic mass is 10.0. The average molecular weight is 959 g/mol. The van der Waals surface area contributed by atoms with Crippen LogP contribution in [0.1, 0.15) is 335 Å². The highest BCUT2D eigenvalue weighted by Crippen LogP contribution is 2.19. The minimum atomic E-state index is -0.787. The number of aliphatic hydroxyl groups is 2. The predicted octanol–water partition coefficient (Wildman–Crippen LogP) is 19.0. The van der Waals surface area contributed by atoms with E-state index in [1.165, 1.54) is 238 Å². The maximum absolute atomic E-state index is 13.3. The number of carbonyl (C=O) groups excluding carboxylic acids is 2. The van der Waals surface area contributed by atoms with Crippen molar-refractivity contribution in [1.29, 1.82) is 0 Å². The van der Waals surface area contributed by atoms with Gasteiger partial charge in [0.15, 0.2) is 0 Å². The monoisotopic (exact) mass is 958 g/mol. The number of carbonyl (C=O) groups is 2. The molecule has 3 atom stereocenters. The zero-order chi connectivity index (χ0) is 49.5. The van der Waals surface area contributed by atoms with Crippen LogP contribution in [-0.2, 0) is 14.3 Å². The molecule has 1 amide bonds. The SMILES string of the molecule is CCCCCCCCC/C=C/C=C/CCCCCCCC(=O)OC(CCCCCCCCCCCCCCCCCCC)CC(=O)NC(CO)C(O)CCCCCCCCCCCCCCCC. The molecular formula is C62H119NO5. The molecule has 0 aromatic heterocycles. The molecule has 3 unspecified atom stereocenters. The fourth-order valence-electron chi connectivity index (χ4n) is 9.66. The Morgan fingerprint density at radius 1 is 0.426 bits per heavy atom. The van der Waals surface area contributed by atoms with Gasteiger partial charge in [-0.15, -0.1) is 0 Å². The quantitative estimate of drug-likeness (QED) is 0.0321. The van der Waals surface area contributed by atoms with Crippen LogP contribution in [0.15, 0.2) is 24.3 Å². The lowest BCUT2D eigenvalue weighted by Gasteiger charge is -2.24. The van der Waals surface area contributed by atoms with Gasteiger partial charge in [0.25, 0.3) is 0 Å². The molecule has 0 bridgehead atoms. The molecule has 0 aromatic rings.